The van der Waals surface area contributed by atoms with Gasteiger partial charge in [-0.1, -0.05) is 25.5 Å². The Hall–Kier alpha value is -2.20. The minimum atomic E-state index is 0.100. The number of benzene rings is 2. The molecule has 0 aliphatic heterocycles. The predicted molar refractivity (Wildman–Crippen MR) is 96.7 cm³/mol. The average molecular weight is 329 g/mol. The summed E-state index contributed by atoms with van der Waals surface area (Å²) in [7, 11) is 0. The van der Waals surface area contributed by atoms with Gasteiger partial charge in [-0.2, -0.15) is 0 Å². The van der Waals surface area contributed by atoms with E-state index >= 15 is 0 Å². The number of hydrogen-bond donors (Lipinski definition) is 4. The van der Waals surface area contributed by atoms with Crippen molar-refractivity contribution in [3.63, 3.8) is 0 Å². The van der Waals surface area contributed by atoms with Crippen molar-refractivity contribution in [2.45, 2.75) is 45.1 Å². The van der Waals surface area contributed by atoms with Gasteiger partial charge in [0.25, 0.3) is 0 Å². The van der Waals surface area contributed by atoms with Gasteiger partial charge in [-0.25, -0.2) is 0 Å². The number of rotatable bonds is 8. The van der Waals surface area contributed by atoms with Gasteiger partial charge in [-0.05, 0) is 61.1 Å². The molecule has 2 rings (SSSR count). The molecule has 0 aliphatic rings. The van der Waals surface area contributed by atoms with Gasteiger partial charge in [-0.15, -0.1) is 0 Å². The molecule has 0 aromatic heterocycles. The predicted octanol–water partition coefficient (Wildman–Crippen LogP) is 3.91. The lowest BCUT2D eigenvalue weighted by atomic mass is 9.93. The smallest absolute Gasteiger partial charge is 0.119 e. The van der Waals surface area contributed by atoms with E-state index in [4.69, 9.17) is 0 Å². The Morgan fingerprint density at radius 2 is 1.54 bits per heavy atom. The molecule has 2 atom stereocenters. The summed E-state index contributed by atoms with van der Waals surface area (Å²) >= 11 is 0. The highest BCUT2D eigenvalue weighted by Gasteiger charge is 2.14. The zero-order valence-electron chi connectivity index (χ0n) is 14.4. The maximum atomic E-state index is 9.70. The summed E-state index contributed by atoms with van der Waals surface area (Å²) in [5, 5.41) is 32.3. The van der Waals surface area contributed by atoms with Crippen LogP contribution in [0, 0.1) is 0 Å². The van der Waals surface area contributed by atoms with Crippen LogP contribution in [0.2, 0.25) is 0 Å². The molecule has 24 heavy (non-hydrogen) atoms. The van der Waals surface area contributed by atoms with Crippen LogP contribution in [0.3, 0.4) is 0 Å². The highest BCUT2D eigenvalue weighted by atomic mass is 16.3. The molecule has 4 heteroatoms. The molecule has 0 radical (unpaired) electrons. The lowest BCUT2D eigenvalue weighted by Gasteiger charge is -2.21. The highest BCUT2D eigenvalue weighted by molar-refractivity contribution is 5.38. The summed E-state index contributed by atoms with van der Waals surface area (Å²) in [4.78, 5) is 0. The van der Waals surface area contributed by atoms with Crippen molar-refractivity contribution in [2.24, 2.45) is 0 Å². The Morgan fingerprint density at radius 3 is 2.12 bits per heavy atom. The molecular weight excluding hydrogens is 302 g/mol. The van der Waals surface area contributed by atoms with Crippen molar-refractivity contribution in [3.8, 4) is 17.2 Å². The Morgan fingerprint density at radius 1 is 0.917 bits per heavy atom. The van der Waals surface area contributed by atoms with Gasteiger partial charge in [0.1, 0.15) is 17.2 Å². The third-order valence-corrected chi connectivity index (χ3v) is 4.22. The molecule has 2 aromatic carbocycles. The molecule has 0 heterocycles. The van der Waals surface area contributed by atoms with E-state index in [0.717, 1.165) is 31.4 Å². The number of hydrogen-bond acceptors (Lipinski definition) is 4. The van der Waals surface area contributed by atoms with Gasteiger partial charge in [-0.3, -0.25) is 0 Å². The molecule has 4 nitrogen and oxygen atoms in total. The topological polar surface area (TPSA) is 72.7 Å². The molecule has 0 fully saturated rings. The van der Waals surface area contributed by atoms with Crippen molar-refractivity contribution in [1.29, 1.82) is 0 Å². The summed E-state index contributed by atoms with van der Waals surface area (Å²) in [5.74, 6) is 0.729. The number of phenols is 3. The first-order valence-corrected chi connectivity index (χ1v) is 8.52. The third-order valence-electron chi connectivity index (χ3n) is 4.22. The van der Waals surface area contributed by atoms with Crippen LogP contribution < -0.4 is 5.32 Å². The van der Waals surface area contributed by atoms with Gasteiger partial charge in [0.15, 0.2) is 0 Å². The largest absolute Gasteiger partial charge is 0.508 e. The molecule has 2 aromatic rings. The van der Waals surface area contributed by atoms with E-state index in [2.05, 4.69) is 19.2 Å². The van der Waals surface area contributed by atoms with Crippen LogP contribution in [0.4, 0.5) is 0 Å². The maximum Gasteiger partial charge on any atom is 0.119 e. The Bertz CT molecular complexity index is 620. The number of phenolic OH excluding ortho intramolecular Hbond substituents is 3. The Labute approximate surface area is 143 Å². The fourth-order valence-corrected chi connectivity index (χ4v) is 2.99. The zero-order chi connectivity index (χ0) is 17.5. The molecule has 0 amide bonds. The second-order valence-electron chi connectivity index (χ2n) is 6.45. The van der Waals surface area contributed by atoms with E-state index in [1.807, 2.05) is 12.1 Å². The molecule has 130 valence electrons. The van der Waals surface area contributed by atoms with Crippen LogP contribution >= 0.6 is 0 Å². The second kappa shape index (κ2) is 8.60. The standard InChI is InChI=1S/C20H27NO3/c1-3-4-16(17-10-19(23)12-20(24)11-17)13-21-14(2)9-15-5-7-18(22)8-6-15/h5-8,10-12,14,16,21-24H,3-4,9,13H2,1-2H3/t14-,16+/m1/s1. The second-order valence-corrected chi connectivity index (χ2v) is 6.45. The summed E-state index contributed by atoms with van der Waals surface area (Å²) in [5.41, 5.74) is 2.13. The first-order chi connectivity index (χ1) is 11.5. The van der Waals surface area contributed by atoms with Crippen molar-refractivity contribution >= 4 is 0 Å². The van der Waals surface area contributed by atoms with E-state index in [0.29, 0.717) is 6.04 Å². The van der Waals surface area contributed by atoms with Crippen LogP contribution in [0.15, 0.2) is 42.5 Å². The van der Waals surface area contributed by atoms with E-state index in [1.165, 1.54) is 11.6 Å². The molecule has 0 saturated heterocycles. The summed E-state index contributed by atoms with van der Waals surface area (Å²) < 4.78 is 0. The van der Waals surface area contributed by atoms with Crippen molar-refractivity contribution in [2.75, 3.05) is 6.54 Å². The lowest BCUT2D eigenvalue weighted by molar-refractivity contribution is 0.442. The first kappa shape index (κ1) is 18.1. The molecule has 0 aliphatic carbocycles. The first-order valence-electron chi connectivity index (χ1n) is 8.52. The van der Waals surface area contributed by atoms with Gasteiger partial charge in [0.2, 0.25) is 0 Å². The molecule has 0 spiro atoms. The Kier molecular flexibility index (Phi) is 6.50. The highest BCUT2D eigenvalue weighted by Crippen LogP contribution is 2.28. The molecule has 0 bridgehead atoms. The van der Waals surface area contributed by atoms with Crippen molar-refractivity contribution in [3.05, 3.63) is 53.6 Å². The van der Waals surface area contributed by atoms with E-state index < -0.39 is 0 Å². The normalized spacial score (nSPS) is 13.6. The summed E-state index contributed by atoms with van der Waals surface area (Å²) in [6.45, 7) is 5.06. The SMILES string of the molecule is CCC[C@@H](CN[C@H](C)Cc1ccc(O)cc1)c1cc(O)cc(O)c1. The third kappa shape index (κ3) is 5.46. The Balaban J connectivity index is 1.96. The quantitative estimate of drug-likeness (QED) is 0.592. The lowest BCUT2D eigenvalue weighted by Crippen LogP contribution is -2.32. The fraction of sp³-hybridized carbons (Fsp3) is 0.400. The van der Waals surface area contributed by atoms with E-state index in [1.54, 1.807) is 24.3 Å². The summed E-state index contributed by atoms with van der Waals surface area (Å²) in [6, 6.07) is 12.4. The van der Waals surface area contributed by atoms with Crippen molar-refractivity contribution < 1.29 is 15.3 Å². The van der Waals surface area contributed by atoms with Crippen LogP contribution in [0.25, 0.3) is 0 Å². The van der Waals surface area contributed by atoms with Crippen LogP contribution in [0.5, 0.6) is 17.2 Å². The van der Waals surface area contributed by atoms with E-state index in [9.17, 15) is 15.3 Å². The zero-order valence-corrected chi connectivity index (χ0v) is 14.4. The van der Waals surface area contributed by atoms with Gasteiger partial charge in [0.05, 0.1) is 0 Å². The minimum absolute atomic E-state index is 0.100. The van der Waals surface area contributed by atoms with Crippen LogP contribution in [-0.2, 0) is 6.42 Å². The molecule has 0 saturated carbocycles. The maximum absolute atomic E-state index is 9.70. The molecular formula is C20H27NO3. The van der Waals surface area contributed by atoms with Crippen LogP contribution in [-0.4, -0.2) is 27.9 Å². The average Bonchev–Trinajstić information content (AvgIpc) is 2.52. The molecule has 4 N–H and O–H groups in total. The van der Waals surface area contributed by atoms with Crippen molar-refractivity contribution in [1.82, 2.24) is 5.32 Å². The number of aromatic hydroxyl groups is 3. The summed E-state index contributed by atoms with van der Waals surface area (Å²) in [6.07, 6.45) is 2.90. The minimum Gasteiger partial charge on any atom is -0.508 e. The number of nitrogens with one attached hydrogen (secondary N) is 1. The molecule has 0 unspecified atom stereocenters. The van der Waals surface area contributed by atoms with E-state index in [-0.39, 0.29) is 23.2 Å². The fourth-order valence-electron chi connectivity index (χ4n) is 2.99. The van der Waals surface area contributed by atoms with Crippen LogP contribution in [0.1, 0.15) is 43.7 Å². The van der Waals surface area contributed by atoms with Gasteiger partial charge in [0, 0.05) is 18.7 Å². The monoisotopic (exact) mass is 329 g/mol. The van der Waals surface area contributed by atoms with Gasteiger partial charge < -0.3 is 20.6 Å². The van der Waals surface area contributed by atoms with Gasteiger partial charge >= 0.3 is 0 Å².